The molecule has 2 aliphatic carbocycles. The van der Waals surface area contributed by atoms with E-state index >= 15 is 0 Å². The van der Waals surface area contributed by atoms with Gasteiger partial charge in [0.05, 0.1) is 5.03 Å². The molecule has 0 radical (unpaired) electrons. The summed E-state index contributed by atoms with van der Waals surface area (Å²) in [5, 5.41) is 0.284. The lowest BCUT2D eigenvalue weighted by Crippen LogP contribution is -2.66. The Morgan fingerprint density at radius 3 is 2.31 bits per heavy atom. The number of carbonyl (C=O) groups excluding carboxylic acids is 4. The second-order valence-corrected chi connectivity index (χ2v) is 8.84. The van der Waals surface area contributed by atoms with Crippen molar-refractivity contribution in [2.45, 2.75) is 19.3 Å². The van der Waals surface area contributed by atoms with Crippen LogP contribution in [0.25, 0.3) is 0 Å². The van der Waals surface area contributed by atoms with Gasteiger partial charge in [-0.05, 0) is 42.5 Å². The Kier molecular flexibility index (Phi) is 5.54. The Morgan fingerprint density at radius 2 is 1.72 bits per heavy atom. The van der Waals surface area contributed by atoms with E-state index in [1.165, 1.54) is 14.1 Å². The van der Waals surface area contributed by atoms with E-state index in [1.54, 1.807) is 0 Å². The van der Waals surface area contributed by atoms with Gasteiger partial charge in [-0.2, -0.15) is 0 Å². The summed E-state index contributed by atoms with van der Waals surface area (Å²) in [5.41, 5.74) is 1.21. The monoisotopic (exact) mass is 453 g/mol. The zero-order valence-corrected chi connectivity index (χ0v) is 18.9. The van der Waals surface area contributed by atoms with Gasteiger partial charge in [0, 0.05) is 44.5 Å². The average molecular weight is 454 g/mol. The first-order chi connectivity index (χ1) is 15.2. The smallest absolute Gasteiger partial charge is 0.332 e. The molecular formula is C24H24ClN3O4. The summed E-state index contributed by atoms with van der Waals surface area (Å²) < 4.78 is 0. The lowest BCUT2D eigenvalue weighted by molar-refractivity contribution is -0.161. The van der Waals surface area contributed by atoms with Gasteiger partial charge < -0.3 is 4.90 Å². The van der Waals surface area contributed by atoms with E-state index in [2.05, 4.69) is 0 Å². The number of benzene rings is 1. The predicted molar refractivity (Wildman–Crippen MR) is 121 cm³/mol. The number of nitrogens with zero attached hydrogens (tertiary/aromatic N) is 3. The average Bonchev–Trinajstić information content (AvgIpc) is 2.81. The van der Waals surface area contributed by atoms with Crippen molar-refractivity contribution in [3.63, 3.8) is 0 Å². The first kappa shape index (κ1) is 22.0. The van der Waals surface area contributed by atoms with Gasteiger partial charge in [0.1, 0.15) is 11.7 Å². The highest BCUT2D eigenvalue weighted by molar-refractivity contribution is 6.34. The first-order valence-electron chi connectivity index (χ1n) is 10.4. The molecule has 0 saturated carbocycles. The van der Waals surface area contributed by atoms with Crippen LogP contribution in [0.3, 0.4) is 0 Å². The number of allylic oxidation sites excluding steroid dienone is 5. The van der Waals surface area contributed by atoms with Crippen molar-refractivity contribution < 1.29 is 19.2 Å². The Balaban J connectivity index is 1.89. The number of hydrogen-bond donors (Lipinski definition) is 0. The van der Waals surface area contributed by atoms with Gasteiger partial charge in [0.2, 0.25) is 11.8 Å². The standard InChI is InChI=1S/C24H24ClN3O4/c1-26(17-7-5-4-6-8-17)13-15-11-18-19(10-9-16(14-29)20(18)25)24(12-15)21(30)27(2)23(32)28(3)22(24)31/h4-8,11,13-14,19H,9-10,12H2,1-3H3. The van der Waals surface area contributed by atoms with Crippen molar-refractivity contribution in [1.82, 2.24) is 9.80 Å². The molecule has 1 unspecified atom stereocenters. The second kappa shape index (κ2) is 8.06. The van der Waals surface area contributed by atoms with Crippen LogP contribution in [0.15, 0.2) is 64.4 Å². The van der Waals surface area contributed by atoms with Gasteiger partial charge in [-0.1, -0.05) is 35.9 Å². The highest BCUT2D eigenvalue weighted by Gasteiger charge is 2.62. The summed E-state index contributed by atoms with van der Waals surface area (Å²) in [4.78, 5) is 55.0. The quantitative estimate of drug-likeness (QED) is 0.517. The topological polar surface area (TPSA) is 78.0 Å². The van der Waals surface area contributed by atoms with Crippen molar-refractivity contribution in [2.24, 2.45) is 11.3 Å². The van der Waals surface area contributed by atoms with Crippen LogP contribution in [-0.2, 0) is 14.4 Å². The minimum absolute atomic E-state index is 0.137. The molecular weight excluding hydrogens is 430 g/mol. The Morgan fingerprint density at radius 1 is 1.09 bits per heavy atom. The number of rotatable bonds is 3. The molecule has 32 heavy (non-hydrogen) atoms. The zero-order chi connectivity index (χ0) is 23.2. The van der Waals surface area contributed by atoms with Gasteiger partial charge >= 0.3 is 6.03 Å². The molecule has 1 saturated heterocycles. The molecule has 1 aromatic rings. The van der Waals surface area contributed by atoms with Crippen LogP contribution in [0.4, 0.5) is 10.5 Å². The number of aldehydes is 1. The molecule has 1 heterocycles. The minimum Gasteiger partial charge on any atom is -0.351 e. The summed E-state index contributed by atoms with van der Waals surface area (Å²) in [5.74, 6) is -1.59. The number of fused-ring (bicyclic) bond motifs is 2. The van der Waals surface area contributed by atoms with Gasteiger partial charge in [0.25, 0.3) is 0 Å². The Hall–Kier alpha value is -3.19. The second-order valence-electron chi connectivity index (χ2n) is 8.46. The molecule has 7 nitrogen and oxygen atoms in total. The largest absolute Gasteiger partial charge is 0.351 e. The van der Waals surface area contributed by atoms with Crippen molar-refractivity contribution in [1.29, 1.82) is 0 Å². The number of hydrogen-bond acceptors (Lipinski definition) is 5. The van der Waals surface area contributed by atoms with Crippen LogP contribution >= 0.6 is 11.6 Å². The van der Waals surface area contributed by atoms with Gasteiger partial charge in [-0.15, -0.1) is 0 Å². The first-order valence-corrected chi connectivity index (χ1v) is 10.7. The number of carbonyl (C=O) groups is 4. The van der Waals surface area contributed by atoms with Crippen LogP contribution in [0.1, 0.15) is 19.3 Å². The van der Waals surface area contributed by atoms with Crippen LogP contribution in [0, 0.1) is 11.3 Å². The van der Waals surface area contributed by atoms with E-state index in [9.17, 15) is 19.2 Å². The van der Waals surface area contributed by atoms with Crippen molar-refractivity contribution in [3.05, 3.63) is 64.4 Å². The molecule has 8 heteroatoms. The molecule has 1 fully saturated rings. The molecule has 1 spiro atoms. The number of halogens is 1. The van der Waals surface area contributed by atoms with E-state index in [0.717, 1.165) is 21.8 Å². The molecule has 4 amide bonds. The minimum atomic E-state index is -1.49. The molecule has 0 aromatic heterocycles. The highest BCUT2D eigenvalue weighted by Crippen LogP contribution is 2.54. The Labute approximate surface area is 191 Å². The predicted octanol–water partition coefficient (Wildman–Crippen LogP) is 3.48. The third-order valence-electron chi connectivity index (χ3n) is 6.64. The zero-order valence-electron chi connectivity index (χ0n) is 18.2. The van der Waals surface area contributed by atoms with Crippen molar-refractivity contribution >= 4 is 41.4 Å². The lowest BCUT2D eigenvalue weighted by Gasteiger charge is -2.49. The molecule has 1 aliphatic heterocycles. The van der Waals surface area contributed by atoms with Crippen LogP contribution in [-0.4, -0.2) is 55.1 Å². The van der Waals surface area contributed by atoms with Crippen LogP contribution in [0.5, 0.6) is 0 Å². The summed E-state index contributed by atoms with van der Waals surface area (Å²) in [6.07, 6.45) is 5.39. The highest BCUT2D eigenvalue weighted by atomic mass is 35.5. The fourth-order valence-electron chi connectivity index (χ4n) is 4.99. The molecule has 1 aromatic carbocycles. The van der Waals surface area contributed by atoms with E-state index in [-0.39, 0.29) is 11.5 Å². The third kappa shape index (κ3) is 3.19. The van der Waals surface area contributed by atoms with Crippen LogP contribution in [0.2, 0.25) is 0 Å². The van der Waals surface area contributed by atoms with Gasteiger partial charge in [0.15, 0.2) is 0 Å². The summed E-state index contributed by atoms with van der Waals surface area (Å²) >= 11 is 6.60. The summed E-state index contributed by atoms with van der Waals surface area (Å²) in [6.45, 7) is 0. The van der Waals surface area contributed by atoms with E-state index < -0.39 is 29.2 Å². The third-order valence-corrected chi connectivity index (χ3v) is 7.10. The number of anilines is 1. The van der Waals surface area contributed by atoms with Crippen molar-refractivity contribution in [2.75, 3.05) is 26.0 Å². The maximum absolute atomic E-state index is 13.5. The summed E-state index contributed by atoms with van der Waals surface area (Å²) in [7, 11) is 4.66. The molecule has 4 rings (SSSR count). The van der Waals surface area contributed by atoms with E-state index in [0.29, 0.717) is 29.6 Å². The Bertz CT molecular complexity index is 1080. The van der Waals surface area contributed by atoms with Crippen LogP contribution < -0.4 is 4.90 Å². The fraction of sp³-hybridized carbons (Fsp3) is 0.333. The molecule has 0 bridgehead atoms. The maximum Gasteiger partial charge on any atom is 0.332 e. The SMILES string of the molecule is CN1C(=O)N(C)C(=O)C2(CC(=CN(C)c3ccccc3)C=C3C(Cl)=C(C=O)CCC32)C1=O. The van der Waals surface area contributed by atoms with Gasteiger partial charge in [-0.3, -0.25) is 24.2 Å². The number of urea groups is 1. The normalized spacial score (nSPS) is 24.1. The molecule has 0 N–H and O–H groups in total. The maximum atomic E-state index is 13.5. The summed E-state index contributed by atoms with van der Waals surface area (Å²) in [6, 6.07) is 8.99. The molecule has 3 aliphatic rings. The number of barbiturate groups is 1. The van der Waals surface area contributed by atoms with E-state index in [4.69, 9.17) is 11.6 Å². The van der Waals surface area contributed by atoms with E-state index in [1.807, 2.05) is 54.6 Å². The number of imide groups is 2. The molecule has 1 atom stereocenters. The lowest BCUT2D eigenvalue weighted by atomic mass is 9.59. The molecule has 166 valence electrons. The van der Waals surface area contributed by atoms with Crippen molar-refractivity contribution in [3.8, 4) is 0 Å². The number of amides is 4. The number of para-hydroxylation sites is 1. The fourth-order valence-corrected chi connectivity index (χ4v) is 5.32. The van der Waals surface area contributed by atoms with Gasteiger partial charge in [-0.25, -0.2) is 4.79 Å².